The monoisotopic (exact) mass is 465 g/mol. The average molecular weight is 466 g/mol. The zero-order valence-corrected chi connectivity index (χ0v) is 21.5. The molecule has 1 aromatic carbocycles. The molecule has 0 saturated carbocycles. The molecule has 0 saturated heterocycles. The second kappa shape index (κ2) is 8.64. The molecule has 2 N–H and O–H groups in total. The van der Waals surface area contributed by atoms with Gasteiger partial charge in [-0.1, -0.05) is 13.0 Å². The molecule has 35 heavy (non-hydrogen) atoms. The maximum Gasteiger partial charge on any atom is 0.142 e. The van der Waals surface area contributed by atoms with Crippen molar-refractivity contribution in [1.29, 1.82) is 10.5 Å². The Kier molecular flexibility index (Phi) is 5.95. The molecule has 2 aliphatic rings. The molecule has 6 nitrogen and oxygen atoms in total. The highest BCUT2D eigenvalue weighted by atomic mass is 16.5. The van der Waals surface area contributed by atoms with Crippen LogP contribution in [0.1, 0.15) is 74.6 Å². The number of nitrogen functional groups attached to an aromatic ring is 1. The normalized spacial score (nSPS) is 17.0. The van der Waals surface area contributed by atoms with Crippen LogP contribution < -0.4 is 15.4 Å². The Bertz CT molecular complexity index is 1430. The van der Waals surface area contributed by atoms with Gasteiger partial charge in [-0.05, 0) is 75.5 Å². The predicted molar refractivity (Wildman–Crippen MR) is 143 cm³/mol. The lowest BCUT2D eigenvalue weighted by atomic mass is 9.87. The smallest absolute Gasteiger partial charge is 0.142 e. The van der Waals surface area contributed by atoms with Gasteiger partial charge in [0.25, 0.3) is 0 Å². The molecular weight excluding hydrogens is 434 g/mol. The van der Waals surface area contributed by atoms with Gasteiger partial charge in [0.05, 0.1) is 29.5 Å². The van der Waals surface area contributed by atoms with E-state index in [1.54, 1.807) is 7.11 Å². The summed E-state index contributed by atoms with van der Waals surface area (Å²) in [5, 5.41) is 19.5. The second-order valence-corrected chi connectivity index (χ2v) is 9.75. The number of nitriles is 2. The van der Waals surface area contributed by atoms with Gasteiger partial charge in [0.2, 0.25) is 0 Å². The highest BCUT2D eigenvalue weighted by Gasteiger charge is 2.33. The quantitative estimate of drug-likeness (QED) is 0.584. The number of rotatable bonds is 4. The van der Waals surface area contributed by atoms with Crippen molar-refractivity contribution in [2.24, 2.45) is 0 Å². The number of methoxy groups -OCH3 is 1. The third-order valence-corrected chi connectivity index (χ3v) is 7.06. The first kappa shape index (κ1) is 24.1. The van der Waals surface area contributed by atoms with Gasteiger partial charge in [-0.25, -0.2) is 4.98 Å². The van der Waals surface area contributed by atoms with Crippen LogP contribution in [-0.4, -0.2) is 24.2 Å². The summed E-state index contributed by atoms with van der Waals surface area (Å²) in [5.74, 6) is 0.903. The van der Waals surface area contributed by atoms with Crippen molar-refractivity contribution < 1.29 is 4.74 Å². The van der Waals surface area contributed by atoms with Crippen molar-refractivity contribution in [2.45, 2.75) is 53.5 Å². The van der Waals surface area contributed by atoms with Gasteiger partial charge in [0, 0.05) is 35.0 Å². The first-order chi connectivity index (χ1) is 16.6. The van der Waals surface area contributed by atoms with Crippen LogP contribution in [0.2, 0.25) is 0 Å². The summed E-state index contributed by atoms with van der Waals surface area (Å²) < 4.78 is 5.86. The summed E-state index contributed by atoms with van der Waals surface area (Å²) in [5.41, 5.74) is 14.9. The van der Waals surface area contributed by atoms with Crippen LogP contribution in [-0.2, 0) is 0 Å². The number of hydrogen-bond donors (Lipinski definition) is 1. The summed E-state index contributed by atoms with van der Waals surface area (Å²) in [4.78, 5) is 6.86. The van der Waals surface area contributed by atoms with Gasteiger partial charge >= 0.3 is 0 Å². The van der Waals surface area contributed by atoms with Crippen LogP contribution >= 0.6 is 0 Å². The number of hydrogen-bond acceptors (Lipinski definition) is 6. The van der Waals surface area contributed by atoms with Crippen molar-refractivity contribution in [2.75, 3.05) is 24.3 Å². The molecule has 6 heteroatoms. The minimum Gasteiger partial charge on any atom is -0.496 e. The van der Waals surface area contributed by atoms with E-state index in [0.717, 1.165) is 57.8 Å². The number of anilines is 2. The number of benzene rings is 1. The van der Waals surface area contributed by atoms with E-state index < -0.39 is 0 Å². The Labute approximate surface area is 207 Å². The van der Waals surface area contributed by atoms with E-state index in [0.29, 0.717) is 16.8 Å². The van der Waals surface area contributed by atoms with Gasteiger partial charge in [-0.15, -0.1) is 0 Å². The predicted octanol–water partition coefficient (Wildman–Crippen LogP) is 6.12. The Morgan fingerprint density at radius 1 is 1.17 bits per heavy atom. The molecule has 0 radical (unpaired) electrons. The fourth-order valence-corrected chi connectivity index (χ4v) is 5.39. The highest BCUT2D eigenvalue weighted by Crippen LogP contribution is 2.47. The number of allylic oxidation sites excluding steroid dienone is 4. The van der Waals surface area contributed by atoms with Gasteiger partial charge in [-0.2, -0.15) is 10.5 Å². The van der Waals surface area contributed by atoms with E-state index in [1.165, 1.54) is 5.57 Å². The van der Waals surface area contributed by atoms with Gasteiger partial charge < -0.3 is 15.4 Å². The van der Waals surface area contributed by atoms with E-state index in [9.17, 15) is 10.5 Å². The molecule has 0 bridgehead atoms. The molecule has 1 aliphatic heterocycles. The number of pyridine rings is 1. The zero-order valence-electron chi connectivity index (χ0n) is 21.5. The van der Waals surface area contributed by atoms with Crippen molar-refractivity contribution in [3.8, 4) is 17.9 Å². The molecule has 0 unspecified atom stereocenters. The maximum atomic E-state index is 9.88. The number of nitrogens with zero attached hydrogens (tertiary/aromatic N) is 4. The largest absolute Gasteiger partial charge is 0.496 e. The Hall–Kier alpha value is -4.03. The molecule has 2 aromatic rings. The van der Waals surface area contributed by atoms with E-state index in [1.807, 2.05) is 19.9 Å². The van der Waals surface area contributed by atoms with Crippen LogP contribution in [0.15, 0.2) is 23.8 Å². The maximum absolute atomic E-state index is 9.88. The average Bonchev–Trinajstić information content (AvgIpc) is 3.06. The third-order valence-electron chi connectivity index (χ3n) is 7.06. The Balaban J connectivity index is 1.99. The van der Waals surface area contributed by atoms with E-state index in [-0.39, 0.29) is 11.4 Å². The molecule has 0 amide bonds. The molecule has 2 heterocycles. The van der Waals surface area contributed by atoms with Crippen LogP contribution in [0.3, 0.4) is 0 Å². The molecule has 4 rings (SSSR count). The van der Waals surface area contributed by atoms with E-state index in [4.69, 9.17) is 10.5 Å². The third kappa shape index (κ3) is 3.67. The summed E-state index contributed by atoms with van der Waals surface area (Å²) >= 11 is 0. The number of aromatic nitrogens is 1. The van der Waals surface area contributed by atoms with Gasteiger partial charge in [0.1, 0.15) is 23.7 Å². The standard InChI is InChI=1S/C29H31N5O/c1-8-9-34-24-12-25(35-7)19(10-20(24)16(2)13-29(34,5)6)11-21-17(3)22(14-30)27-26(21)18(4)23(15-31)28(32)33-27/h10-13H,8-9H2,1-7H3,(H2,32,33)/b21-11+. The van der Waals surface area contributed by atoms with Gasteiger partial charge in [0.15, 0.2) is 0 Å². The van der Waals surface area contributed by atoms with Crippen molar-refractivity contribution in [1.82, 2.24) is 4.98 Å². The van der Waals surface area contributed by atoms with Crippen molar-refractivity contribution >= 4 is 34.3 Å². The lowest BCUT2D eigenvalue weighted by molar-refractivity contribution is 0.413. The first-order valence-electron chi connectivity index (χ1n) is 11.8. The fraction of sp³-hybridized carbons (Fsp3) is 0.345. The second-order valence-electron chi connectivity index (χ2n) is 9.75. The number of ether oxygens (including phenoxy) is 1. The highest BCUT2D eigenvalue weighted by molar-refractivity contribution is 6.09. The van der Waals surface area contributed by atoms with E-state index >= 15 is 0 Å². The number of fused-ring (bicyclic) bond motifs is 2. The van der Waals surface area contributed by atoms with Crippen LogP contribution in [0, 0.1) is 29.6 Å². The molecule has 0 spiro atoms. The molecule has 1 aliphatic carbocycles. The number of nitrogens with two attached hydrogens (primary N) is 1. The van der Waals surface area contributed by atoms with Crippen LogP contribution in [0.25, 0.3) is 22.8 Å². The Morgan fingerprint density at radius 3 is 2.49 bits per heavy atom. The summed E-state index contributed by atoms with van der Waals surface area (Å²) in [6.07, 6.45) is 5.40. The zero-order chi connectivity index (χ0) is 25.7. The molecule has 0 fully saturated rings. The SMILES string of the molecule is CCCN1c2cc(OC)c(/C=C3\C(C)=C(C#N)c4nc(N)c(C#N)c(C)c43)cc2C(C)=CC1(C)C. The molecular formula is C29H31N5O. The van der Waals surface area contributed by atoms with E-state index in [2.05, 4.69) is 67.9 Å². The first-order valence-corrected chi connectivity index (χ1v) is 11.8. The fourth-order valence-electron chi connectivity index (χ4n) is 5.39. The van der Waals surface area contributed by atoms with Crippen LogP contribution in [0.4, 0.5) is 11.5 Å². The van der Waals surface area contributed by atoms with Crippen molar-refractivity contribution in [3.63, 3.8) is 0 Å². The minimum atomic E-state index is -0.0973. The minimum absolute atomic E-state index is 0.0973. The topological polar surface area (TPSA) is 99.0 Å². The lowest BCUT2D eigenvalue weighted by Crippen LogP contribution is -2.45. The van der Waals surface area contributed by atoms with Crippen LogP contribution in [0.5, 0.6) is 5.75 Å². The molecule has 178 valence electrons. The summed E-state index contributed by atoms with van der Waals surface area (Å²) in [7, 11) is 1.68. The summed E-state index contributed by atoms with van der Waals surface area (Å²) in [6, 6.07) is 8.72. The lowest BCUT2D eigenvalue weighted by Gasteiger charge is -2.43. The molecule has 0 atom stereocenters. The summed E-state index contributed by atoms with van der Waals surface area (Å²) in [6.45, 7) is 13.5. The van der Waals surface area contributed by atoms with Crippen molar-refractivity contribution in [3.05, 3.63) is 57.3 Å². The molecule has 1 aromatic heterocycles. The van der Waals surface area contributed by atoms with Gasteiger partial charge in [-0.3, -0.25) is 0 Å². The Morgan fingerprint density at radius 2 is 1.89 bits per heavy atom.